The van der Waals surface area contributed by atoms with Gasteiger partial charge in [0.1, 0.15) is 11.5 Å². The van der Waals surface area contributed by atoms with Gasteiger partial charge in [0.25, 0.3) is 0 Å². The Morgan fingerprint density at radius 2 is 2.21 bits per heavy atom. The summed E-state index contributed by atoms with van der Waals surface area (Å²) >= 11 is 0. The van der Waals surface area contributed by atoms with Crippen LogP contribution >= 0.6 is 0 Å². The van der Waals surface area contributed by atoms with Gasteiger partial charge in [-0.3, -0.25) is 0 Å². The van der Waals surface area contributed by atoms with Crippen LogP contribution < -0.4 is 5.63 Å². The van der Waals surface area contributed by atoms with Crippen molar-refractivity contribution in [3.63, 3.8) is 0 Å². The predicted octanol–water partition coefficient (Wildman–Crippen LogP) is 2.33. The second-order valence-electron chi connectivity index (χ2n) is 3.26. The molecule has 0 saturated heterocycles. The zero-order valence-corrected chi connectivity index (χ0v) is 8.57. The third-order valence-electron chi connectivity index (χ3n) is 2.03. The minimum atomic E-state index is -0.465. The molecular weight excluding hydrogens is 180 g/mol. The third-order valence-corrected chi connectivity index (χ3v) is 2.03. The number of hydrogen-bond donors (Lipinski definition) is 1. The molecule has 1 N–H and O–H groups in total. The number of rotatable bonds is 2. The van der Waals surface area contributed by atoms with E-state index in [2.05, 4.69) is 0 Å². The quantitative estimate of drug-likeness (QED) is 0.735. The molecule has 0 aliphatic carbocycles. The minimum Gasteiger partial charge on any atom is -0.507 e. The summed E-state index contributed by atoms with van der Waals surface area (Å²) in [6.07, 6.45) is 3.67. The molecule has 3 nitrogen and oxygen atoms in total. The van der Waals surface area contributed by atoms with Gasteiger partial charge in [0.2, 0.25) is 0 Å². The van der Waals surface area contributed by atoms with Crippen molar-refractivity contribution in [2.24, 2.45) is 0 Å². The molecule has 0 radical (unpaired) electrons. The third kappa shape index (κ3) is 2.05. The van der Waals surface area contributed by atoms with Crippen molar-refractivity contribution < 1.29 is 9.52 Å². The van der Waals surface area contributed by atoms with Crippen LogP contribution in [-0.2, 0) is 0 Å². The van der Waals surface area contributed by atoms with Gasteiger partial charge in [0, 0.05) is 12.0 Å². The Bertz CT molecular complexity index is 401. The van der Waals surface area contributed by atoms with Gasteiger partial charge in [-0.1, -0.05) is 19.1 Å². The Kier molecular flexibility index (Phi) is 3.12. The van der Waals surface area contributed by atoms with Gasteiger partial charge >= 0.3 is 5.63 Å². The Balaban J connectivity index is 3.27. The van der Waals surface area contributed by atoms with Crippen molar-refractivity contribution in [1.82, 2.24) is 0 Å². The molecule has 0 amide bonds. The van der Waals surface area contributed by atoms with Crippen LogP contribution in [0, 0.1) is 6.92 Å². The molecule has 1 aromatic heterocycles. The molecule has 3 heteroatoms. The number of aromatic hydroxyl groups is 1. The van der Waals surface area contributed by atoms with Crippen LogP contribution in [0.15, 0.2) is 27.4 Å². The molecule has 0 aromatic carbocycles. The summed E-state index contributed by atoms with van der Waals surface area (Å²) in [5.41, 5.74) is -0.151. The Labute approximate surface area is 82.7 Å². The minimum absolute atomic E-state index is 0.00403. The second-order valence-corrected chi connectivity index (χ2v) is 3.26. The van der Waals surface area contributed by atoms with E-state index < -0.39 is 5.63 Å². The van der Waals surface area contributed by atoms with Crippen molar-refractivity contribution >= 4 is 0 Å². The summed E-state index contributed by atoms with van der Waals surface area (Å²) in [7, 11) is 0. The molecule has 0 aliphatic rings. The Morgan fingerprint density at radius 1 is 1.57 bits per heavy atom. The fourth-order valence-corrected chi connectivity index (χ4v) is 1.41. The van der Waals surface area contributed by atoms with Gasteiger partial charge in [-0.25, -0.2) is 4.79 Å². The number of aryl methyl sites for hydroxylation is 1. The van der Waals surface area contributed by atoms with Crippen LogP contribution in [-0.4, -0.2) is 5.11 Å². The van der Waals surface area contributed by atoms with Crippen LogP contribution in [0.2, 0.25) is 0 Å². The first-order valence-electron chi connectivity index (χ1n) is 4.52. The summed E-state index contributed by atoms with van der Waals surface area (Å²) < 4.78 is 4.91. The van der Waals surface area contributed by atoms with Gasteiger partial charge in [-0.05, 0) is 13.8 Å². The average Bonchev–Trinajstić information content (AvgIpc) is 2.01. The monoisotopic (exact) mass is 194 g/mol. The first-order chi connectivity index (χ1) is 6.56. The Hall–Kier alpha value is -1.51. The van der Waals surface area contributed by atoms with Crippen LogP contribution in [0.5, 0.6) is 5.75 Å². The summed E-state index contributed by atoms with van der Waals surface area (Å²) in [6, 6.07) is 1.46. The standard InChI is InChI=1S/C11H14O3/c1-4-5-7(2)10-9(12)6-8(3)14-11(10)13/h4-7,12H,1-3H3/b5-4+. The van der Waals surface area contributed by atoms with E-state index in [0.29, 0.717) is 11.3 Å². The van der Waals surface area contributed by atoms with Crippen molar-refractivity contribution in [3.05, 3.63) is 40.0 Å². The molecular formula is C11H14O3. The van der Waals surface area contributed by atoms with E-state index in [9.17, 15) is 9.90 Å². The van der Waals surface area contributed by atoms with E-state index in [1.165, 1.54) is 6.07 Å². The van der Waals surface area contributed by atoms with E-state index in [0.717, 1.165) is 0 Å². The lowest BCUT2D eigenvalue weighted by atomic mass is 10.0. The highest BCUT2D eigenvalue weighted by atomic mass is 16.4. The lowest BCUT2D eigenvalue weighted by Gasteiger charge is -2.07. The van der Waals surface area contributed by atoms with Crippen LogP contribution in [0.3, 0.4) is 0 Å². The van der Waals surface area contributed by atoms with E-state index in [1.807, 2.05) is 26.0 Å². The molecule has 0 saturated carbocycles. The zero-order valence-electron chi connectivity index (χ0n) is 8.57. The highest BCUT2D eigenvalue weighted by Crippen LogP contribution is 2.23. The maximum atomic E-state index is 11.4. The van der Waals surface area contributed by atoms with Crippen molar-refractivity contribution in [1.29, 1.82) is 0 Å². The molecule has 1 atom stereocenters. The van der Waals surface area contributed by atoms with Crippen molar-refractivity contribution in [3.8, 4) is 5.75 Å². The average molecular weight is 194 g/mol. The van der Waals surface area contributed by atoms with E-state index >= 15 is 0 Å². The van der Waals surface area contributed by atoms with Crippen molar-refractivity contribution in [2.75, 3.05) is 0 Å². The molecule has 0 fully saturated rings. The van der Waals surface area contributed by atoms with E-state index in [4.69, 9.17) is 4.42 Å². The Morgan fingerprint density at radius 3 is 2.71 bits per heavy atom. The van der Waals surface area contributed by atoms with Gasteiger partial charge < -0.3 is 9.52 Å². The first kappa shape index (κ1) is 10.6. The highest BCUT2D eigenvalue weighted by molar-refractivity contribution is 5.34. The second kappa shape index (κ2) is 4.13. The fourth-order valence-electron chi connectivity index (χ4n) is 1.41. The topological polar surface area (TPSA) is 50.4 Å². The maximum absolute atomic E-state index is 11.4. The van der Waals surface area contributed by atoms with Crippen LogP contribution in [0.1, 0.15) is 31.1 Å². The molecule has 1 aromatic rings. The summed E-state index contributed by atoms with van der Waals surface area (Å²) in [5, 5.41) is 9.58. The lowest BCUT2D eigenvalue weighted by Crippen LogP contribution is -2.10. The first-order valence-corrected chi connectivity index (χ1v) is 4.52. The lowest BCUT2D eigenvalue weighted by molar-refractivity contribution is 0.420. The van der Waals surface area contributed by atoms with Gasteiger partial charge in [-0.2, -0.15) is 0 Å². The highest BCUT2D eigenvalue weighted by Gasteiger charge is 2.14. The number of hydrogen-bond acceptors (Lipinski definition) is 3. The van der Waals surface area contributed by atoms with E-state index in [-0.39, 0.29) is 11.7 Å². The van der Waals surface area contributed by atoms with Gasteiger partial charge in [-0.15, -0.1) is 0 Å². The summed E-state index contributed by atoms with van der Waals surface area (Å²) in [5.74, 6) is 0.296. The van der Waals surface area contributed by atoms with E-state index in [1.54, 1.807) is 6.92 Å². The predicted molar refractivity (Wildman–Crippen MR) is 54.6 cm³/mol. The molecule has 0 bridgehead atoms. The molecule has 0 aliphatic heterocycles. The smallest absolute Gasteiger partial charge is 0.343 e. The van der Waals surface area contributed by atoms with Crippen molar-refractivity contribution in [2.45, 2.75) is 26.7 Å². The van der Waals surface area contributed by atoms with Crippen LogP contribution in [0.25, 0.3) is 0 Å². The molecule has 1 unspecified atom stereocenters. The molecule has 1 heterocycles. The summed E-state index contributed by atoms with van der Waals surface area (Å²) in [6.45, 7) is 5.33. The molecule has 0 spiro atoms. The molecule has 1 rings (SSSR count). The molecule has 76 valence electrons. The zero-order chi connectivity index (χ0) is 10.7. The molecule has 14 heavy (non-hydrogen) atoms. The van der Waals surface area contributed by atoms with Gasteiger partial charge in [0.15, 0.2) is 0 Å². The van der Waals surface area contributed by atoms with Gasteiger partial charge in [0.05, 0.1) is 5.56 Å². The van der Waals surface area contributed by atoms with Crippen LogP contribution in [0.4, 0.5) is 0 Å². The fraction of sp³-hybridized carbons (Fsp3) is 0.364. The summed E-state index contributed by atoms with van der Waals surface area (Å²) in [4.78, 5) is 11.4. The largest absolute Gasteiger partial charge is 0.507 e. The number of allylic oxidation sites excluding steroid dienone is 2. The normalized spacial score (nSPS) is 13.4. The maximum Gasteiger partial charge on any atom is 0.343 e. The SMILES string of the molecule is C/C=C/C(C)c1c(O)cc(C)oc1=O.